The number of benzene rings is 1. The number of unbranched alkanes of at least 4 members (excludes halogenated alkanes) is 5. The van der Waals surface area contributed by atoms with Crippen molar-refractivity contribution in [2.24, 2.45) is 11.8 Å². The summed E-state index contributed by atoms with van der Waals surface area (Å²) in [5, 5.41) is 0. The minimum atomic E-state index is -0.637. The lowest BCUT2D eigenvalue weighted by Crippen LogP contribution is -2.33. The van der Waals surface area contributed by atoms with Crippen LogP contribution in [-0.2, 0) is 11.2 Å². The van der Waals surface area contributed by atoms with Crippen molar-refractivity contribution < 1.29 is 13.5 Å². The highest BCUT2D eigenvalue weighted by molar-refractivity contribution is 5.29. The fourth-order valence-electron chi connectivity index (χ4n) is 5.58. The molecule has 1 aromatic rings. The zero-order valence-electron chi connectivity index (χ0n) is 19.7. The summed E-state index contributed by atoms with van der Waals surface area (Å²) in [5.41, 5.74) is 1.05. The molecule has 1 unspecified atom stereocenters. The lowest BCUT2D eigenvalue weighted by atomic mass is 9.76. The van der Waals surface area contributed by atoms with Crippen molar-refractivity contribution in [3.05, 3.63) is 47.0 Å². The van der Waals surface area contributed by atoms with Gasteiger partial charge in [0.15, 0.2) is 11.6 Å². The summed E-state index contributed by atoms with van der Waals surface area (Å²) < 4.78 is 35.8. The Balaban J connectivity index is 1.47. The highest BCUT2D eigenvalue weighted by Gasteiger charge is 2.32. The van der Waals surface area contributed by atoms with Crippen LogP contribution in [0.3, 0.4) is 0 Å². The van der Waals surface area contributed by atoms with E-state index in [9.17, 15) is 8.78 Å². The molecule has 0 aromatic heterocycles. The Kier molecular flexibility index (Phi) is 10.0. The van der Waals surface area contributed by atoms with E-state index in [4.69, 9.17) is 4.74 Å². The average Bonchev–Trinajstić information content (AvgIpc) is 2.80. The van der Waals surface area contributed by atoms with Crippen molar-refractivity contribution in [1.29, 1.82) is 0 Å². The standard InChI is InChI=1S/C28H42F2O/c1-3-5-6-7-8-9-11-23-16-18-25(28(30)27(23)29)24-17-19-26(31-20-24)22-14-12-21(10-4-2)13-15-22/h4,10,16,18,21-22,24,26H,3,5-9,11-15,17,19-20H2,1-2H3/t21?,22?,24-,26?/m1/s1. The van der Waals surface area contributed by atoms with Crippen molar-refractivity contribution in [2.45, 2.75) is 109 Å². The Hall–Kier alpha value is -1.22. The molecule has 3 rings (SSSR count). The van der Waals surface area contributed by atoms with E-state index >= 15 is 0 Å². The summed E-state index contributed by atoms with van der Waals surface area (Å²) in [4.78, 5) is 0. The largest absolute Gasteiger partial charge is 0.377 e. The van der Waals surface area contributed by atoms with Crippen LogP contribution in [0.25, 0.3) is 0 Å². The van der Waals surface area contributed by atoms with Crippen molar-refractivity contribution in [2.75, 3.05) is 6.61 Å². The summed E-state index contributed by atoms with van der Waals surface area (Å²) in [5.74, 6) is 0.0688. The van der Waals surface area contributed by atoms with Crippen LogP contribution in [0.15, 0.2) is 24.3 Å². The Bertz CT molecular complexity index is 682. The van der Waals surface area contributed by atoms with E-state index in [1.54, 1.807) is 0 Å². The van der Waals surface area contributed by atoms with E-state index in [1.165, 1.54) is 51.4 Å². The van der Waals surface area contributed by atoms with Crippen LogP contribution in [0.5, 0.6) is 0 Å². The molecule has 0 amide bonds. The summed E-state index contributed by atoms with van der Waals surface area (Å²) in [6.07, 6.45) is 19.2. The van der Waals surface area contributed by atoms with Crippen molar-refractivity contribution in [1.82, 2.24) is 0 Å². The molecule has 2 fully saturated rings. The number of aryl methyl sites for hydroxylation is 1. The molecule has 1 saturated heterocycles. The molecule has 0 spiro atoms. The number of rotatable bonds is 10. The fourth-order valence-corrected chi connectivity index (χ4v) is 5.58. The van der Waals surface area contributed by atoms with Gasteiger partial charge in [0.25, 0.3) is 0 Å². The van der Waals surface area contributed by atoms with Gasteiger partial charge in [-0.3, -0.25) is 0 Å². The lowest BCUT2D eigenvalue weighted by molar-refractivity contribution is -0.0424. The molecule has 174 valence electrons. The first-order valence-corrected chi connectivity index (χ1v) is 12.8. The molecular formula is C28H42F2O. The zero-order valence-corrected chi connectivity index (χ0v) is 19.7. The molecule has 1 aliphatic heterocycles. The first-order valence-electron chi connectivity index (χ1n) is 12.8. The summed E-state index contributed by atoms with van der Waals surface area (Å²) in [6.45, 7) is 4.82. The van der Waals surface area contributed by atoms with Gasteiger partial charge in [-0.2, -0.15) is 0 Å². The van der Waals surface area contributed by atoms with Gasteiger partial charge in [0, 0.05) is 5.92 Å². The molecule has 1 heterocycles. The molecule has 0 bridgehead atoms. The zero-order chi connectivity index (χ0) is 22.1. The van der Waals surface area contributed by atoms with Gasteiger partial charge in [-0.1, -0.05) is 63.3 Å². The summed E-state index contributed by atoms with van der Waals surface area (Å²) in [7, 11) is 0. The van der Waals surface area contributed by atoms with Crippen LogP contribution in [-0.4, -0.2) is 12.7 Å². The second-order valence-electron chi connectivity index (χ2n) is 9.81. The first-order chi connectivity index (χ1) is 15.1. The predicted octanol–water partition coefficient (Wildman–Crippen LogP) is 8.51. The second-order valence-corrected chi connectivity index (χ2v) is 9.81. The monoisotopic (exact) mass is 432 g/mol. The molecule has 1 aliphatic carbocycles. The van der Waals surface area contributed by atoms with Gasteiger partial charge < -0.3 is 4.74 Å². The molecule has 1 saturated carbocycles. The molecule has 2 aliphatic rings. The third kappa shape index (κ3) is 6.88. The van der Waals surface area contributed by atoms with Gasteiger partial charge in [0.1, 0.15) is 0 Å². The maximum atomic E-state index is 14.9. The average molecular weight is 433 g/mol. The Morgan fingerprint density at radius 1 is 0.903 bits per heavy atom. The molecule has 31 heavy (non-hydrogen) atoms. The second kappa shape index (κ2) is 12.7. The fraction of sp³-hybridized carbons (Fsp3) is 0.714. The summed E-state index contributed by atoms with van der Waals surface area (Å²) >= 11 is 0. The molecule has 1 nitrogen and oxygen atoms in total. The first kappa shape index (κ1) is 24.4. The molecule has 3 heteroatoms. The van der Waals surface area contributed by atoms with Gasteiger partial charge in [0.05, 0.1) is 12.7 Å². The number of hydrogen-bond acceptors (Lipinski definition) is 1. The van der Waals surface area contributed by atoms with Crippen LogP contribution < -0.4 is 0 Å². The van der Waals surface area contributed by atoms with Gasteiger partial charge in [-0.05, 0) is 81.3 Å². The molecule has 0 radical (unpaired) electrons. The van der Waals surface area contributed by atoms with Crippen LogP contribution in [0, 0.1) is 23.5 Å². The van der Waals surface area contributed by atoms with Crippen LogP contribution in [0.2, 0.25) is 0 Å². The van der Waals surface area contributed by atoms with Gasteiger partial charge in [-0.15, -0.1) is 0 Å². The van der Waals surface area contributed by atoms with Gasteiger partial charge >= 0.3 is 0 Å². The number of ether oxygens (including phenoxy) is 1. The van der Waals surface area contributed by atoms with Crippen LogP contribution in [0.4, 0.5) is 8.78 Å². The maximum absolute atomic E-state index is 14.9. The minimum absolute atomic E-state index is 0.0202. The maximum Gasteiger partial charge on any atom is 0.162 e. The smallest absolute Gasteiger partial charge is 0.162 e. The van der Waals surface area contributed by atoms with Crippen LogP contribution in [0.1, 0.15) is 108 Å². The quantitative estimate of drug-likeness (QED) is 0.266. The topological polar surface area (TPSA) is 9.23 Å². The third-order valence-electron chi connectivity index (χ3n) is 7.55. The molecule has 2 atom stereocenters. The van der Waals surface area contributed by atoms with Gasteiger partial charge in [0.2, 0.25) is 0 Å². The minimum Gasteiger partial charge on any atom is -0.377 e. The normalized spacial score (nSPS) is 27.1. The highest BCUT2D eigenvalue weighted by atomic mass is 19.2. The van der Waals surface area contributed by atoms with Crippen molar-refractivity contribution in [3.63, 3.8) is 0 Å². The summed E-state index contributed by atoms with van der Waals surface area (Å²) in [6, 6.07) is 3.63. The van der Waals surface area contributed by atoms with E-state index in [1.807, 2.05) is 12.1 Å². The molecular weight excluding hydrogens is 390 g/mol. The van der Waals surface area contributed by atoms with E-state index in [0.29, 0.717) is 36.2 Å². The lowest BCUT2D eigenvalue weighted by Gasteiger charge is -2.37. The SMILES string of the molecule is CC=CC1CCC(C2CC[C@@H](c3ccc(CCCCCCCC)c(F)c3F)CO2)CC1. The van der Waals surface area contributed by atoms with Crippen molar-refractivity contribution in [3.8, 4) is 0 Å². The van der Waals surface area contributed by atoms with Crippen LogP contribution >= 0.6 is 0 Å². The number of hydrogen-bond donors (Lipinski definition) is 0. The van der Waals surface area contributed by atoms with Crippen molar-refractivity contribution >= 4 is 0 Å². The Labute approximate surface area is 188 Å². The van der Waals surface area contributed by atoms with E-state index in [-0.39, 0.29) is 5.92 Å². The molecule has 0 N–H and O–H groups in total. The van der Waals surface area contributed by atoms with Gasteiger partial charge in [-0.25, -0.2) is 8.78 Å². The molecule has 1 aromatic carbocycles. The van der Waals surface area contributed by atoms with E-state index in [0.717, 1.165) is 31.6 Å². The Morgan fingerprint density at radius 3 is 2.32 bits per heavy atom. The number of allylic oxidation sites excluding steroid dienone is 2. The number of halogens is 2. The third-order valence-corrected chi connectivity index (χ3v) is 7.55. The predicted molar refractivity (Wildman–Crippen MR) is 125 cm³/mol. The Morgan fingerprint density at radius 2 is 1.65 bits per heavy atom. The van der Waals surface area contributed by atoms with E-state index in [2.05, 4.69) is 26.0 Å². The van der Waals surface area contributed by atoms with E-state index < -0.39 is 11.6 Å². The highest BCUT2D eigenvalue weighted by Crippen LogP contribution is 2.39.